The molecule has 0 aliphatic heterocycles. The van der Waals surface area contributed by atoms with Crippen LogP contribution in [0, 0.1) is 0 Å². The van der Waals surface area contributed by atoms with Gasteiger partial charge in [0.25, 0.3) is 0 Å². The highest BCUT2D eigenvalue weighted by Crippen LogP contribution is 2.46. The highest BCUT2D eigenvalue weighted by Gasteiger charge is 2.49. The molecule has 1 aromatic heterocycles. The van der Waals surface area contributed by atoms with Gasteiger partial charge in [-0.1, -0.05) is 73.9 Å². The zero-order chi connectivity index (χ0) is 30.5. The molecule has 2 fully saturated rings. The highest BCUT2D eigenvalue weighted by molar-refractivity contribution is 5.91. The molecule has 2 saturated carbocycles. The summed E-state index contributed by atoms with van der Waals surface area (Å²) in [6.07, 6.45) is 9.25. The summed E-state index contributed by atoms with van der Waals surface area (Å²) in [7, 11) is 0. The molecular weight excluding hydrogens is 524 g/mol. The van der Waals surface area contributed by atoms with Crippen LogP contribution in [-0.4, -0.2) is 44.5 Å². The van der Waals surface area contributed by atoms with Gasteiger partial charge in [0.2, 0.25) is 11.8 Å². The minimum Gasteiger partial charge on any atom is -0.390 e. The van der Waals surface area contributed by atoms with Crippen LogP contribution in [0.25, 0.3) is 22.3 Å². The van der Waals surface area contributed by atoms with Gasteiger partial charge in [-0.05, 0) is 74.8 Å². The van der Waals surface area contributed by atoms with E-state index in [0.717, 1.165) is 27.8 Å². The predicted octanol–water partition coefficient (Wildman–Crippen LogP) is 6.65. The van der Waals surface area contributed by atoms with Gasteiger partial charge in [0.05, 0.1) is 5.60 Å². The third-order valence-corrected chi connectivity index (χ3v) is 8.34. The van der Waals surface area contributed by atoms with E-state index < -0.39 is 11.1 Å². The van der Waals surface area contributed by atoms with Crippen molar-refractivity contribution >= 4 is 17.6 Å². The van der Waals surface area contributed by atoms with Gasteiger partial charge in [0.15, 0.2) is 0 Å². The number of nitrogens with one attached hydrogen (secondary N) is 1. The molecule has 7 heteroatoms. The monoisotopic (exact) mass is 570 g/mol. The predicted molar refractivity (Wildman–Crippen MR) is 170 cm³/mol. The molecular formula is C35H46N4O3. The van der Waals surface area contributed by atoms with Gasteiger partial charge in [-0.2, -0.15) is 0 Å². The van der Waals surface area contributed by atoms with Gasteiger partial charge in [-0.3, -0.25) is 9.59 Å². The minimum atomic E-state index is -0.683. The molecule has 7 nitrogen and oxygen atoms in total. The molecule has 0 saturated heterocycles. The molecule has 1 heterocycles. The van der Waals surface area contributed by atoms with Crippen LogP contribution in [-0.2, 0) is 15.1 Å². The summed E-state index contributed by atoms with van der Waals surface area (Å²) in [5, 5.41) is 12.8. The molecule has 0 bridgehead atoms. The Labute approximate surface area is 250 Å². The molecule has 2 aliphatic rings. The Kier molecular flexibility index (Phi) is 9.85. The van der Waals surface area contributed by atoms with Crippen LogP contribution < -0.4 is 11.1 Å². The van der Waals surface area contributed by atoms with Crippen LogP contribution in [0.2, 0.25) is 0 Å². The lowest BCUT2D eigenvalue weighted by molar-refractivity contribution is -0.133. The zero-order valence-corrected chi connectivity index (χ0v) is 25.7. The van der Waals surface area contributed by atoms with Crippen molar-refractivity contribution in [3.05, 3.63) is 72.4 Å². The van der Waals surface area contributed by atoms with Crippen molar-refractivity contribution in [2.24, 2.45) is 5.73 Å². The molecule has 5 rings (SSSR count). The number of nitrogens with two attached hydrogens (primary N) is 1. The van der Waals surface area contributed by atoms with E-state index in [9.17, 15) is 14.7 Å². The SMILES string of the molecule is CC(=O)N(C(C)C)C1CCCCC1.CC(=O)Nc1cc(-c2ccccc2)c(-c2ccc(C3(N)CC(C)(O)C3)cc2)cn1. The second-order valence-corrected chi connectivity index (χ2v) is 12.6. The number of aliphatic hydroxyl groups is 1. The van der Waals surface area contributed by atoms with Gasteiger partial charge in [-0.25, -0.2) is 4.98 Å². The summed E-state index contributed by atoms with van der Waals surface area (Å²) in [5.74, 6) is 0.606. The fraction of sp³-hybridized carbons (Fsp3) is 0.457. The number of carbonyl (C=O) groups is 2. The van der Waals surface area contributed by atoms with Gasteiger partial charge >= 0.3 is 0 Å². The standard InChI is InChI=1S/C24H25N3O2.C11H21NO/c1-16(28)27-22-12-20(17-6-4-3-5-7-17)21(13-26-22)18-8-10-19(11-9-18)24(25)14-23(2,29)15-24;1-9(2)12(10(3)13)11-7-5-4-6-8-11/h3-13,29H,14-15,25H2,1-2H3,(H,26,27,28);9,11H,4-8H2,1-3H3. The first-order valence-electron chi connectivity index (χ1n) is 15.1. The molecule has 2 aliphatic carbocycles. The topological polar surface area (TPSA) is 109 Å². The third kappa shape index (κ3) is 7.64. The molecule has 42 heavy (non-hydrogen) atoms. The van der Waals surface area contributed by atoms with E-state index in [2.05, 4.69) is 29.0 Å². The number of nitrogens with zero attached hydrogens (tertiary/aromatic N) is 2. The number of hydrogen-bond donors (Lipinski definition) is 3. The van der Waals surface area contributed by atoms with Crippen LogP contribution in [0.4, 0.5) is 5.82 Å². The number of hydrogen-bond acceptors (Lipinski definition) is 5. The van der Waals surface area contributed by atoms with E-state index in [-0.39, 0.29) is 11.8 Å². The number of amides is 2. The van der Waals surface area contributed by atoms with Crippen molar-refractivity contribution in [1.82, 2.24) is 9.88 Å². The minimum absolute atomic E-state index is 0.154. The number of carbonyl (C=O) groups excluding carboxylic acids is 2. The number of anilines is 1. The summed E-state index contributed by atoms with van der Waals surface area (Å²) in [4.78, 5) is 29.3. The second-order valence-electron chi connectivity index (χ2n) is 12.6. The van der Waals surface area contributed by atoms with Crippen molar-refractivity contribution in [3.63, 3.8) is 0 Å². The van der Waals surface area contributed by atoms with Gasteiger partial charge in [0.1, 0.15) is 5.82 Å². The molecule has 2 aromatic carbocycles. The molecule has 2 amide bonds. The van der Waals surface area contributed by atoms with E-state index in [4.69, 9.17) is 5.73 Å². The molecule has 0 unspecified atom stereocenters. The second kappa shape index (κ2) is 13.2. The van der Waals surface area contributed by atoms with Crippen LogP contribution in [0.1, 0.15) is 85.1 Å². The maximum absolute atomic E-state index is 11.4. The number of rotatable bonds is 6. The van der Waals surface area contributed by atoms with Crippen LogP contribution in [0.15, 0.2) is 66.9 Å². The molecule has 0 atom stereocenters. The average Bonchev–Trinajstić information content (AvgIpc) is 2.93. The molecule has 0 spiro atoms. The fourth-order valence-electron chi connectivity index (χ4n) is 6.69. The molecule has 0 radical (unpaired) electrons. The van der Waals surface area contributed by atoms with Crippen LogP contribution in [0.5, 0.6) is 0 Å². The average molecular weight is 571 g/mol. The van der Waals surface area contributed by atoms with Gasteiger partial charge in [-0.15, -0.1) is 0 Å². The van der Waals surface area contributed by atoms with Crippen molar-refractivity contribution < 1.29 is 14.7 Å². The Morgan fingerprint density at radius 1 is 0.952 bits per heavy atom. The smallest absolute Gasteiger partial charge is 0.222 e. The summed E-state index contributed by atoms with van der Waals surface area (Å²) in [6.45, 7) is 9.19. The van der Waals surface area contributed by atoms with Gasteiger partial charge in [0, 0.05) is 43.2 Å². The Balaban J connectivity index is 0.000000262. The lowest BCUT2D eigenvalue weighted by Crippen LogP contribution is -2.58. The van der Waals surface area contributed by atoms with E-state index >= 15 is 0 Å². The molecule has 224 valence electrons. The summed E-state index contributed by atoms with van der Waals surface area (Å²) in [6, 6.07) is 20.9. The maximum atomic E-state index is 11.4. The Morgan fingerprint density at radius 2 is 1.55 bits per heavy atom. The fourth-order valence-corrected chi connectivity index (χ4v) is 6.69. The lowest BCUT2D eigenvalue weighted by Gasteiger charge is -2.49. The first kappa shape index (κ1) is 31.4. The quantitative estimate of drug-likeness (QED) is 0.308. The van der Waals surface area contributed by atoms with Crippen LogP contribution >= 0.6 is 0 Å². The van der Waals surface area contributed by atoms with Crippen molar-refractivity contribution in [2.45, 2.75) is 103 Å². The maximum Gasteiger partial charge on any atom is 0.222 e. The zero-order valence-electron chi connectivity index (χ0n) is 25.7. The van der Waals surface area contributed by atoms with E-state index in [1.54, 1.807) is 13.1 Å². The molecule has 3 aromatic rings. The van der Waals surface area contributed by atoms with Crippen molar-refractivity contribution in [3.8, 4) is 22.3 Å². The molecule has 4 N–H and O–H groups in total. The van der Waals surface area contributed by atoms with Crippen molar-refractivity contribution in [2.75, 3.05) is 5.32 Å². The lowest BCUT2D eigenvalue weighted by atomic mass is 9.63. The number of benzene rings is 2. The largest absolute Gasteiger partial charge is 0.390 e. The Hall–Kier alpha value is -3.55. The Morgan fingerprint density at radius 3 is 2.07 bits per heavy atom. The van der Waals surface area contributed by atoms with E-state index in [0.29, 0.717) is 30.7 Å². The summed E-state index contributed by atoms with van der Waals surface area (Å²) < 4.78 is 0. The highest BCUT2D eigenvalue weighted by atomic mass is 16.3. The van der Waals surface area contributed by atoms with E-state index in [1.165, 1.54) is 39.0 Å². The Bertz CT molecular complexity index is 1350. The van der Waals surface area contributed by atoms with Gasteiger partial charge < -0.3 is 21.1 Å². The number of pyridine rings is 1. The van der Waals surface area contributed by atoms with Crippen molar-refractivity contribution in [1.29, 1.82) is 0 Å². The normalized spacial score (nSPS) is 22.0. The first-order valence-corrected chi connectivity index (χ1v) is 15.1. The summed E-state index contributed by atoms with van der Waals surface area (Å²) in [5.41, 5.74) is 10.4. The number of aromatic nitrogens is 1. The summed E-state index contributed by atoms with van der Waals surface area (Å²) >= 11 is 0. The first-order chi connectivity index (χ1) is 19.9. The third-order valence-electron chi connectivity index (χ3n) is 8.34. The van der Waals surface area contributed by atoms with Crippen LogP contribution in [0.3, 0.4) is 0 Å². The van der Waals surface area contributed by atoms with E-state index in [1.807, 2.05) is 67.6 Å².